The number of hydrogen-bond acceptors (Lipinski definition) is 5. The number of para-hydroxylation sites is 1. The third-order valence-electron chi connectivity index (χ3n) is 5.93. The van der Waals surface area contributed by atoms with Crippen LogP contribution < -0.4 is 15.8 Å². The lowest BCUT2D eigenvalue weighted by Gasteiger charge is -2.47. The van der Waals surface area contributed by atoms with Crippen molar-refractivity contribution in [2.45, 2.75) is 30.8 Å². The maximum absolute atomic E-state index is 6.29. The summed E-state index contributed by atoms with van der Waals surface area (Å²) in [6, 6.07) is 8.27. The Morgan fingerprint density at radius 1 is 1.11 bits per heavy atom. The highest BCUT2D eigenvalue weighted by molar-refractivity contribution is 5.78. The zero-order chi connectivity index (χ0) is 18.5. The molecule has 7 nitrogen and oxygen atoms in total. The van der Waals surface area contributed by atoms with Crippen molar-refractivity contribution in [3.8, 4) is 5.75 Å². The molecule has 3 aliphatic rings. The first kappa shape index (κ1) is 18.5. The Bertz CT molecular complexity index is 654. The summed E-state index contributed by atoms with van der Waals surface area (Å²) < 4.78 is 16.9. The average Bonchev–Trinajstić information content (AvgIpc) is 2.74. The molecular formula is C20H30N4O3. The van der Waals surface area contributed by atoms with Crippen LogP contribution in [0.3, 0.4) is 0 Å². The second-order valence-corrected chi connectivity index (χ2v) is 7.51. The van der Waals surface area contributed by atoms with Gasteiger partial charge in [0.05, 0.1) is 32.4 Å². The van der Waals surface area contributed by atoms with Gasteiger partial charge in [0, 0.05) is 43.8 Å². The fraction of sp³-hybridized carbons (Fsp3) is 0.650. The Morgan fingerprint density at radius 2 is 1.85 bits per heavy atom. The minimum Gasteiger partial charge on any atom is -0.493 e. The monoisotopic (exact) mass is 374 g/mol. The third kappa shape index (κ3) is 4.20. The van der Waals surface area contributed by atoms with E-state index in [9.17, 15) is 0 Å². The number of nitrogens with two attached hydrogens (primary N) is 1. The molecule has 1 unspecified atom stereocenters. The lowest BCUT2D eigenvalue weighted by molar-refractivity contribution is -0.0667. The number of ether oxygens (including phenoxy) is 3. The van der Waals surface area contributed by atoms with Crippen molar-refractivity contribution >= 4 is 5.96 Å². The average molecular weight is 374 g/mol. The standard InChI is InChI=1S/C20H30N4O3/c21-19(23-17-5-10-27-18-4-2-1-3-16(17)18)22-15-20(6-11-25-12-7-20)24-8-13-26-14-9-24/h1-4,17H,5-15H2,(H3,21,22,23). The summed E-state index contributed by atoms with van der Waals surface area (Å²) in [6.07, 6.45) is 2.86. The van der Waals surface area contributed by atoms with Gasteiger partial charge in [-0.05, 0) is 18.9 Å². The molecule has 2 saturated heterocycles. The van der Waals surface area contributed by atoms with Crippen molar-refractivity contribution in [3.05, 3.63) is 29.8 Å². The van der Waals surface area contributed by atoms with Crippen LogP contribution in [0.1, 0.15) is 30.9 Å². The fourth-order valence-corrected chi connectivity index (χ4v) is 4.31. The second kappa shape index (κ2) is 8.46. The van der Waals surface area contributed by atoms with Crippen LogP contribution in [0, 0.1) is 0 Å². The molecule has 0 aromatic heterocycles. The van der Waals surface area contributed by atoms with Gasteiger partial charge in [-0.25, -0.2) is 0 Å². The predicted molar refractivity (Wildman–Crippen MR) is 104 cm³/mol. The first-order valence-electron chi connectivity index (χ1n) is 9.96. The fourth-order valence-electron chi connectivity index (χ4n) is 4.31. The summed E-state index contributed by atoms with van der Waals surface area (Å²) in [6.45, 7) is 6.45. The van der Waals surface area contributed by atoms with E-state index in [4.69, 9.17) is 24.9 Å². The molecule has 1 aromatic rings. The molecule has 148 valence electrons. The van der Waals surface area contributed by atoms with Gasteiger partial charge in [-0.2, -0.15) is 0 Å². The van der Waals surface area contributed by atoms with E-state index in [1.807, 2.05) is 18.2 Å². The minimum atomic E-state index is 0.0297. The van der Waals surface area contributed by atoms with Gasteiger partial charge < -0.3 is 25.3 Å². The van der Waals surface area contributed by atoms with E-state index in [1.165, 1.54) is 0 Å². The molecule has 7 heteroatoms. The molecule has 0 radical (unpaired) electrons. The van der Waals surface area contributed by atoms with Crippen molar-refractivity contribution in [3.63, 3.8) is 0 Å². The van der Waals surface area contributed by atoms with Crippen LogP contribution in [0.4, 0.5) is 0 Å². The lowest BCUT2D eigenvalue weighted by Crippen LogP contribution is -2.58. The highest BCUT2D eigenvalue weighted by Gasteiger charge is 2.39. The molecular weight excluding hydrogens is 344 g/mol. The number of benzene rings is 1. The molecule has 0 spiro atoms. The Kier molecular flexibility index (Phi) is 5.80. The van der Waals surface area contributed by atoms with Crippen LogP contribution in [0.5, 0.6) is 5.75 Å². The lowest BCUT2D eigenvalue weighted by atomic mass is 9.87. The first-order valence-corrected chi connectivity index (χ1v) is 9.96. The van der Waals surface area contributed by atoms with E-state index in [2.05, 4.69) is 16.3 Å². The number of fused-ring (bicyclic) bond motifs is 1. The Labute approximate surface area is 160 Å². The Balaban J connectivity index is 1.44. The maximum atomic E-state index is 6.29. The van der Waals surface area contributed by atoms with Gasteiger partial charge in [0.1, 0.15) is 5.75 Å². The van der Waals surface area contributed by atoms with E-state index < -0.39 is 0 Å². The highest BCUT2D eigenvalue weighted by atomic mass is 16.5. The first-order chi connectivity index (χ1) is 13.3. The summed E-state index contributed by atoms with van der Waals surface area (Å²) in [5.74, 6) is 1.44. The largest absolute Gasteiger partial charge is 0.493 e. The van der Waals surface area contributed by atoms with Crippen LogP contribution >= 0.6 is 0 Å². The number of nitrogens with one attached hydrogen (secondary N) is 1. The van der Waals surface area contributed by atoms with Crippen LogP contribution in [-0.2, 0) is 9.47 Å². The quantitative estimate of drug-likeness (QED) is 0.611. The molecule has 1 aromatic carbocycles. The van der Waals surface area contributed by atoms with Crippen molar-refractivity contribution in [1.82, 2.24) is 10.2 Å². The van der Waals surface area contributed by atoms with E-state index in [1.54, 1.807) is 0 Å². The SMILES string of the molecule is NC(=NCC1(N2CCOCC2)CCOCC1)NC1CCOc2ccccc21. The third-order valence-corrected chi connectivity index (χ3v) is 5.93. The number of rotatable bonds is 4. The zero-order valence-electron chi connectivity index (χ0n) is 15.9. The molecule has 0 saturated carbocycles. The van der Waals surface area contributed by atoms with Gasteiger partial charge in [-0.3, -0.25) is 9.89 Å². The smallest absolute Gasteiger partial charge is 0.189 e. The number of morpholine rings is 1. The predicted octanol–water partition coefficient (Wildman–Crippen LogP) is 1.30. The van der Waals surface area contributed by atoms with E-state index in [0.29, 0.717) is 19.1 Å². The van der Waals surface area contributed by atoms with E-state index in [0.717, 1.165) is 70.1 Å². The molecule has 0 aliphatic carbocycles. The van der Waals surface area contributed by atoms with Crippen LogP contribution in [0.15, 0.2) is 29.3 Å². The number of hydrogen-bond donors (Lipinski definition) is 2. The van der Waals surface area contributed by atoms with E-state index >= 15 is 0 Å². The summed E-state index contributed by atoms with van der Waals surface area (Å²) in [5, 5.41) is 3.41. The molecule has 3 N–H and O–H groups in total. The number of aliphatic imine (C=N–C) groups is 1. The molecule has 0 bridgehead atoms. The van der Waals surface area contributed by atoms with E-state index in [-0.39, 0.29) is 11.6 Å². The molecule has 4 rings (SSSR count). The number of guanidine groups is 1. The van der Waals surface area contributed by atoms with Crippen LogP contribution in [-0.4, -0.2) is 69.1 Å². The van der Waals surface area contributed by atoms with Gasteiger partial charge in [-0.15, -0.1) is 0 Å². The van der Waals surface area contributed by atoms with Crippen molar-refractivity contribution < 1.29 is 14.2 Å². The van der Waals surface area contributed by atoms with Crippen molar-refractivity contribution in [2.75, 3.05) is 52.7 Å². The van der Waals surface area contributed by atoms with Crippen LogP contribution in [0.2, 0.25) is 0 Å². The van der Waals surface area contributed by atoms with Crippen molar-refractivity contribution in [1.29, 1.82) is 0 Å². The maximum Gasteiger partial charge on any atom is 0.189 e. The van der Waals surface area contributed by atoms with Crippen LogP contribution in [0.25, 0.3) is 0 Å². The zero-order valence-corrected chi connectivity index (χ0v) is 15.9. The van der Waals surface area contributed by atoms with Gasteiger partial charge in [0.25, 0.3) is 0 Å². The summed E-state index contributed by atoms with van der Waals surface area (Å²) >= 11 is 0. The minimum absolute atomic E-state index is 0.0297. The Morgan fingerprint density at radius 3 is 2.67 bits per heavy atom. The van der Waals surface area contributed by atoms with Gasteiger partial charge in [0.2, 0.25) is 0 Å². The summed E-state index contributed by atoms with van der Waals surface area (Å²) in [5.41, 5.74) is 7.47. The van der Waals surface area contributed by atoms with Gasteiger partial charge >= 0.3 is 0 Å². The Hall–Kier alpha value is -1.83. The molecule has 3 heterocycles. The highest BCUT2D eigenvalue weighted by Crippen LogP contribution is 2.32. The van der Waals surface area contributed by atoms with Gasteiger partial charge in [-0.1, -0.05) is 18.2 Å². The molecule has 2 fully saturated rings. The normalized spacial score (nSPS) is 26.1. The topological polar surface area (TPSA) is 81.3 Å². The summed E-state index contributed by atoms with van der Waals surface area (Å²) in [7, 11) is 0. The molecule has 1 atom stereocenters. The molecule has 3 aliphatic heterocycles. The van der Waals surface area contributed by atoms with Gasteiger partial charge in [0.15, 0.2) is 5.96 Å². The number of nitrogens with zero attached hydrogens (tertiary/aromatic N) is 2. The second-order valence-electron chi connectivity index (χ2n) is 7.51. The molecule has 0 amide bonds. The molecule has 27 heavy (non-hydrogen) atoms. The van der Waals surface area contributed by atoms with Crippen molar-refractivity contribution in [2.24, 2.45) is 10.7 Å². The summed E-state index contributed by atoms with van der Waals surface area (Å²) in [4.78, 5) is 7.29.